The number of nitrogens with one attached hydrogen (secondary N) is 3. The summed E-state index contributed by atoms with van der Waals surface area (Å²) in [5.41, 5.74) is 5.59. The van der Waals surface area contributed by atoms with Gasteiger partial charge in [0.15, 0.2) is 0 Å². The third kappa shape index (κ3) is 2.91. The molecule has 1 atom stereocenters. The summed E-state index contributed by atoms with van der Waals surface area (Å²) in [6.07, 6.45) is 9.03. The Hall–Kier alpha value is -2.67. The van der Waals surface area contributed by atoms with E-state index in [4.69, 9.17) is 0 Å². The molecule has 25 heavy (non-hydrogen) atoms. The largest absolute Gasteiger partial charge is 0.362 e. The molecule has 0 saturated carbocycles. The topological polar surface area (TPSA) is 93.5 Å². The summed E-state index contributed by atoms with van der Waals surface area (Å²) in [5.74, 6) is 0. The van der Waals surface area contributed by atoms with Crippen LogP contribution in [0, 0.1) is 0 Å². The van der Waals surface area contributed by atoms with E-state index in [2.05, 4.69) is 50.2 Å². The van der Waals surface area contributed by atoms with Gasteiger partial charge in [-0.15, -0.1) is 0 Å². The Kier molecular flexibility index (Phi) is 4.01. The number of nitrogens with zero attached hydrogens (tertiary/aromatic N) is 3. The number of aryl methyl sites for hydroxylation is 1. The summed E-state index contributed by atoms with van der Waals surface area (Å²) in [6.45, 7) is 0. The standard InChI is InChI=1S/C18H22N6O/c1-24(2)16-5-3-4-14-12(16)8-11(22-14)9-15-17(20-7-6-19-15)13-10-21-23-18(13)25/h6-8,10,16,22H,3-5,9H2,1-2H3,(H2,21,23,25). The van der Waals surface area contributed by atoms with Gasteiger partial charge in [0.05, 0.1) is 17.0 Å². The normalized spacial score (nSPS) is 17.0. The van der Waals surface area contributed by atoms with E-state index in [-0.39, 0.29) is 5.56 Å². The van der Waals surface area contributed by atoms with E-state index in [1.165, 1.54) is 24.1 Å². The van der Waals surface area contributed by atoms with Crippen LogP contribution in [0.15, 0.2) is 29.5 Å². The van der Waals surface area contributed by atoms with E-state index in [9.17, 15) is 4.79 Å². The molecule has 3 heterocycles. The van der Waals surface area contributed by atoms with Crippen LogP contribution in [0.3, 0.4) is 0 Å². The molecule has 1 aliphatic rings. The van der Waals surface area contributed by atoms with Crippen molar-refractivity contribution in [3.63, 3.8) is 0 Å². The Morgan fingerprint density at radius 3 is 2.88 bits per heavy atom. The molecule has 0 spiro atoms. The average Bonchev–Trinajstić information content (AvgIpc) is 3.20. The van der Waals surface area contributed by atoms with E-state index >= 15 is 0 Å². The molecule has 0 aliphatic heterocycles. The lowest BCUT2D eigenvalue weighted by molar-refractivity contribution is 0.268. The van der Waals surface area contributed by atoms with Crippen molar-refractivity contribution in [1.29, 1.82) is 0 Å². The predicted octanol–water partition coefficient (Wildman–Crippen LogP) is 2.02. The van der Waals surface area contributed by atoms with Gasteiger partial charge in [-0.25, -0.2) is 0 Å². The second-order valence-electron chi connectivity index (χ2n) is 6.79. The SMILES string of the molecule is CN(C)C1CCCc2[nH]c(Cc3nccnc3-c3c[nH][nH]c3=O)cc21. The number of fused-ring (bicyclic) bond motifs is 1. The van der Waals surface area contributed by atoms with Gasteiger partial charge in [0, 0.05) is 42.4 Å². The van der Waals surface area contributed by atoms with Gasteiger partial charge in [-0.05, 0) is 45.0 Å². The first-order chi connectivity index (χ1) is 12.1. The van der Waals surface area contributed by atoms with Crippen LogP contribution in [0.5, 0.6) is 0 Å². The quantitative estimate of drug-likeness (QED) is 0.678. The fraction of sp³-hybridized carbons (Fsp3) is 0.389. The van der Waals surface area contributed by atoms with Crippen LogP contribution in [0.1, 0.15) is 41.5 Å². The number of rotatable bonds is 4. The van der Waals surface area contributed by atoms with Gasteiger partial charge in [0.2, 0.25) is 0 Å². The summed E-state index contributed by atoms with van der Waals surface area (Å²) in [4.78, 5) is 26.6. The number of aromatic amines is 3. The highest BCUT2D eigenvalue weighted by Gasteiger charge is 2.24. The van der Waals surface area contributed by atoms with Gasteiger partial charge in [-0.1, -0.05) is 0 Å². The van der Waals surface area contributed by atoms with Crippen molar-refractivity contribution < 1.29 is 0 Å². The van der Waals surface area contributed by atoms with Crippen LogP contribution >= 0.6 is 0 Å². The highest BCUT2D eigenvalue weighted by Crippen LogP contribution is 2.34. The smallest absolute Gasteiger partial charge is 0.273 e. The van der Waals surface area contributed by atoms with E-state index in [1.54, 1.807) is 18.6 Å². The molecule has 1 aliphatic carbocycles. The zero-order chi connectivity index (χ0) is 17.4. The van der Waals surface area contributed by atoms with Crippen molar-refractivity contribution in [2.24, 2.45) is 0 Å². The zero-order valence-electron chi connectivity index (χ0n) is 14.5. The van der Waals surface area contributed by atoms with Crippen molar-refractivity contribution in [3.05, 3.63) is 57.7 Å². The lowest BCUT2D eigenvalue weighted by Crippen LogP contribution is -2.23. The summed E-state index contributed by atoms with van der Waals surface area (Å²) in [6, 6.07) is 2.71. The fourth-order valence-electron chi connectivity index (χ4n) is 3.72. The lowest BCUT2D eigenvalue weighted by atomic mass is 9.92. The summed E-state index contributed by atoms with van der Waals surface area (Å²) in [7, 11) is 4.26. The Labute approximate surface area is 145 Å². The molecule has 3 aromatic heterocycles. The first-order valence-corrected chi connectivity index (χ1v) is 8.57. The molecular formula is C18H22N6O. The molecule has 0 radical (unpaired) electrons. The molecule has 0 amide bonds. The van der Waals surface area contributed by atoms with Crippen LogP contribution < -0.4 is 5.56 Å². The Morgan fingerprint density at radius 2 is 2.12 bits per heavy atom. The molecular weight excluding hydrogens is 316 g/mol. The van der Waals surface area contributed by atoms with Crippen molar-refractivity contribution in [3.8, 4) is 11.3 Å². The minimum atomic E-state index is -0.180. The lowest BCUT2D eigenvalue weighted by Gasteiger charge is -2.28. The number of aromatic nitrogens is 5. The summed E-state index contributed by atoms with van der Waals surface area (Å²) in [5, 5.41) is 5.28. The molecule has 4 rings (SSSR count). The summed E-state index contributed by atoms with van der Waals surface area (Å²) < 4.78 is 0. The van der Waals surface area contributed by atoms with Gasteiger partial charge >= 0.3 is 0 Å². The number of H-pyrrole nitrogens is 3. The molecule has 0 aromatic carbocycles. The molecule has 0 fully saturated rings. The van der Waals surface area contributed by atoms with E-state index in [0.29, 0.717) is 23.7 Å². The van der Waals surface area contributed by atoms with E-state index in [1.807, 2.05) is 0 Å². The number of hydrogen-bond acceptors (Lipinski definition) is 4. The molecule has 0 bridgehead atoms. The molecule has 7 heteroatoms. The second kappa shape index (κ2) is 6.33. The van der Waals surface area contributed by atoms with E-state index < -0.39 is 0 Å². The molecule has 1 unspecified atom stereocenters. The van der Waals surface area contributed by atoms with Crippen LogP contribution in [0.25, 0.3) is 11.3 Å². The fourth-order valence-corrected chi connectivity index (χ4v) is 3.72. The Balaban J connectivity index is 1.69. The third-order valence-electron chi connectivity index (χ3n) is 4.91. The molecule has 130 valence electrons. The predicted molar refractivity (Wildman–Crippen MR) is 95.4 cm³/mol. The monoisotopic (exact) mass is 338 g/mol. The Morgan fingerprint density at radius 1 is 1.28 bits per heavy atom. The van der Waals surface area contributed by atoms with Gasteiger partial charge in [0.25, 0.3) is 5.56 Å². The van der Waals surface area contributed by atoms with Crippen LogP contribution in [0.2, 0.25) is 0 Å². The minimum Gasteiger partial charge on any atom is -0.362 e. The average molecular weight is 338 g/mol. The highest BCUT2D eigenvalue weighted by molar-refractivity contribution is 5.59. The third-order valence-corrected chi connectivity index (χ3v) is 4.91. The highest BCUT2D eigenvalue weighted by atomic mass is 16.1. The van der Waals surface area contributed by atoms with Gasteiger partial charge < -0.3 is 15.0 Å². The van der Waals surface area contributed by atoms with E-state index in [0.717, 1.165) is 17.8 Å². The molecule has 3 N–H and O–H groups in total. The minimum absolute atomic E-state index is 0.180. The molecule has 3 aromatic rings. The molecule has 0 saturated heterocycles. The van der Waals surface area contributed by atoms with Gasteiger partial charge in [0.1, 0.15) is 0 Å². The second-order valence-corrected chi connectivity index (χ2v) is 6.79. The van der Waals surface area contributed by atoms with Gasteiger partial charge in [-0.2, -0.15) is 0 Å². The van der Waals surface area contributed by atoms with Crippen molar-refractivity contribution in [1.82, 2.24) is 30.0 Å². The van der Waals surface area contributed by atoms with Crippen molar-refractivity contribution in [2.45, 2.75) is 31.7 Å². The van der Waals surface area contributed by atoms with Crippen LogP contribution in [-0.2, 0) is 12.8 Å². The maximum absolute atomic E-state index is 11.9. The van der Waals surface area contributed by atoms with Crippen LogP contribution in [-0.4, -0.2) is 44.1 Å². The maximum atomic E-state index is 11.9. The first kappa shape index (κ1) is 15.8. The summed E-state index contributed by atoms with van der Waals surface area (Å²) >= 11 is 0. The van der Waals surface area contributed by atoms with Gasteiger partial charge in [-0.3, -0.25) is 19.9 Å². The number of hydrogen-bond donors (Lipinski definition) is 3. The maximum Gasteiger partial charge on any atom is 0.273 e. The van der Waals surface area contributed by atoms with Crippen molar-refractivity contribution in [2.75, 3.05) is 14.1 Å². The Bertz CT molecular complexity index is 935. The van der Waals surface area contributed by atoms with Crippen molar-refractivity contribution >= 4 is 0 Å². The van der Waals surface area contributed by atoms with Crippen LogP contribution in [0.4, 0.5) is 0 Å². The molecule has 7 nitrogen and oxygen atoms in total. The zero-order valence-corrected chi connectivity index (χ0v) is 14.5. The first-order valence-electron chi connectivity index (χ1n) is 8.57.